The van der Waals surface area contributed by atoms with Gasteiger partial charge in [-0.25, -0.2) is 0 Å². The van der Waals surface area contributed by atoms with Gasteiger partial charge in [0, 0.05) is 13.1 Å². The van der Waals surface area contributed by atoms with Gasteiger partial charge in [0.15, 0.2) is 0 Å². The first-order valence-electron chi connectivity index (χ1n) is 5.12. The van der Waals surface area contributed by atoms with Crippen molar-refractivity contribution in [2.45, 2.75) is 19.3 Å². The average Bonchev–Trinajstić information content (AvgIpc) is 2.16. The van der Waals surface area contributed by atoms with Crippen molar-refractivity contribution >= 4 is 5.91 Å². The number of hydrogen-bond donors (Lipinski definition) is 1. The molecule has 0 aromatic heterocycles. The van der Waals surface area contributed by atoms with Crippen LogP contribution < -0.4 is 0 Å². The lowest BCUT2D eigenvalue weighted by molar-refractivity contribution is -0.142. The highest BCUT2D eigenvalue weighted by Gasteiger charge is 2.46. The van der Waals surface area contributed by atoms with Crippen LogP contribution in [0.2, 0.25) is 0 Å². The Hall–Kier alpha value is -1.34. The van der Waals surface area contributed by atoms with Gasteiger partial charge < -0.3 is 10.0 Å². The third-order valence-electron chi connectivity index (χ3n) is 2.84. The fourth-order valence-corrected chi connectivity index (χ4v) is 1.76. The summed E-state index contributed by atoms with van der Waals surface area (Å²) in [7, 11) is 0. The van der Waals surface area contributed by atoms with E-state index in [1.165, 1.54) is 4.90 Å². The number of amides is 1. The van der Waals surface area contributed by atoms with E-state index in [1.807, 2.05) is 0 Å². The molecule has 0 unspecified atom stereocenters. The SMILES string of the molecule is C=CCN(CCO)C(=O)C1(C#N)CCC1. The van der Waals surface area contributed by atoms with Gasteiger partial charge in [0.1, 0.15) is 5.41 Å². The van der Waals surface area contributed by atoms with E-state index in [0.717, 1.165) is 6.42 Å². The van der Waals surface area contributed by atoms with Crippen LogP contribution in [0.4, 0.5) is 0 Å². The van der Waals surface area contributed by atoms with Crippen LogP contribution in [0.3, 0.4) is 0 Å². The minimum absolute atomic E-state index is 0.0823. The number of hydrogen-bond acceptors (Lipinski definition) is 3. The average molecular weight is 208 g/mol. The molecule has 0 spiro atoms. The van der Waals surface area contributed by atoms with Gasteiger partial charge in [-0.15, -0.1) is 6.58 Å². The normalized spacial score (nSPS) is 17.3. The van der Waals surface area contributed by atoms with Crippen molar-refractivity contribution in [2.75, 3.05) is 19.7 Å². The molecular weight excluding hydrogens is 192 g/mol. The smallest absolute Gasteiger partial charge is 0.243 e. The molecule has 4 nitrogen and oxygen atoms in total. The summed E-state index contributed by atoms with van der Waals surface area (Å²) in [6.07, 6.45) is 3.82. The molecule has 1 fully saturated rings. The number of nitrogens with zero attached hydrogens (tertiary/aromatic N) is 2. The van der Waals surface area contributed by atoms with Crippen LogP contribution in [-0.2, 0) is 4.79 Å². The lowest BCUT2D eigenvalue weighted by Gasteiger charge is -2.37. The molecule has 0 aromatic carbocycles. The Morgan fingerprint density at radius 2 is 2.33 bits per heavy atom. The molecule has 0 bridgehead atoms. The van der Waals surface area contributed by atoms with Crippen molar-refractivity contribution in [3.05, 3.63) is 12.7 Å². The highest BCUT2D eigenvalue weighted by atomic mass is 16.3. The van der Waals surface area contributed by atoms with Crippen LogP contribution in [-0.4, -0.2) is 35.6 Å². The van der Waals surface area contributed by atoms with E-state index in [1.54, 1.807) is 6.08 Å². The predicted molar refractivity (Wildman–Crippen MR) is 55.8 cm³/mol. The van der Waals surface area contributed by atoms with Crippen molar-refractivity contribution in [3.8, 4) is 6.07 Å². The van der Waals surface area contributed by atoms with Crippen molar-refractivity contribution in [1.29, 1.82) is 5.26 Å². The molecular formula is C11H16N2O2. The Balaban J connectivity index is 2.70. The molecule has 1 aliphatic carbocycles. The molecule has 0 radical (unpaired) electrons. The van der Waals surface area contributed by atoms with Gasteiger partial charge in [0.05, 0.1) is 12.7 Å². The monoisotopic (exact) mass is 208 g/mol. The molecule has 15 heavy (non-hydrogen) atoms. The van der Waals surface area contributed by atoms with E-state index in [9.17, 15) is 4.79 Å². The minimum atomic E-state index is -0.821. The Kier molecular flexibility index (Phi) is 3.87. The van der Waals surface area contributed by atoms with E-state index >= 15 is 0 Å². The summed E-state index contributed by atoms with van der Waals surface area (Å²) < 4.78 is 0. The maximum atomic E-state index is 12.0. The second-order valence-electron chi connectivity index (χ2n) is 3.81. The minimum Gasteiger partial charge on any atom is -0.395 e. The first-order valence-corrected chi connectivity index (χ1v) is 5.12. The summed E-state index contributed by atoms with van der Waals surface area (Å²) in [4.78, 5) is 13.5. The summed E-state index contributed by atoms with van der Waals surface area (Å²) in [6.45, 7) is 4.14. The zero-order valence-electron chi connectivity index (χ0n) is 8.78. The number of rotatable bonds is 5. The molecule has 0 saturated heterocycles. The second kappa shape index (κ2) is 4.94. The van der Waals surface area contributed by atoms with E-state index in [-0.39, 0.29) is 19.1 Å². The van der Waals surface area contributed by atoms with Crippen molar-refractivity contribution in [3.63, 3.8) is 0 Å². The van der Waals surface area contributed by atoms with Gasteiger partial charge in [0.25, 0.3) is 0 Å². The maximum absolute atomic E-state index is 12.0. The highest BCUT2D eigenvalue weighted by Crippen LogP contribution is 2.41. The van der Waals surface area contributed by atoms with Gasteiger partial charge in [-0.2, -0.15) is 5.26 Å². The predicted octanol–water partition coefficient (Wildman–Crippen LogP) is 0.687. The molecule has 0 aromatic rings. The van der Waals surface area contributed by atoms with Crippen LogP contribution in [0.5, 0.6) is 0 Å². The summed E-state index contributed by atoms with van der Waals surface area (Å²) >= 11 is 0. The van der Waals surface area contributed by atoms with Gasteiger partial charge in [-0.3, -0.25) is 4.79 Å². The third-order valence-corrected chi connectivity index (χ3v) is 2.84. The zero-order valence-corrected chi connectivity index (χ0v) is 8.78. The van der Waals surface area contributed by atoms with Gasteiger partial charge in [0.2, 0.25) is 5.91 Å². The van der Waals surface area contributed by atoms with Gasteiger partial charge >= 0.3 is 0 Å². The van der Waals surface area contributed by atoms with Crippen molar-refractivity contribution < 1.29 is 9.90 Å². The highest BCUT2D eigenvalue weighted by molar-refractivity contribution is 5.86. The number of nitriles is 1. The van der Waals surface area contributed by atoms with Crippen LogP contribution in [0.25, 0.3) is 0 Å². The molecule has 1 N–H and O–H groups in total. The Labute approximate surface area is 89.8 Å². The molecule has 0 heterocycles. The number of aliphatic hydroxyl groups is 1. The van der Waals surface area contributed by atoms with E-state index in [2.05, 4.69) is 12.6 Å². The molecule has 82 valence electrons. The molecule has 1 saturated carbocycles. The molecule has 4 heteroatoms. The summed E-state index contributed by atoms with van der Waals surface area (Å²) in [5.41, 5.74) is -0.821. The zero-order chi connectivity index (χ0) is 11.3. The fraction of sp³-hybridized carbons (Fsp3) is 0.636. The maximum Gasteiger partial charge on any atom is 0.243 e. The van der Waals surface area contributed by atoms with Crippen LogP contribution in [0.1, 0.15) is 19.3 Å². The lowest BCUT2D eigenvalue weighted by Crippen LogP contribution is -2.48. The lowest BCUT2D eigenvalue weighted by atomic mass is 9.69. The molecule has 1 aliphatic rings. The summed E-state index contributed by atoms with van der Waals surface area (Å²) in [5, 5.41) is 17.8. The quantitative estimate of drug-likeness (QED) is 0.676. The Morgan fingerprint density at radius 3 is 2.67 bits per heavy atom. The van der Waals surface area contributed by atoms with Crippen molar-refractivity contribution in [2.24, 2.45) is 5.41 Å². The molecule has 0 atom stereocenters. The number of carbonyl (C=O) groups is 1. The summed E-state index contributed by atoms with van der Waals surface area (Å²) in [5.74, 6) is -0.162. The summed E-state index contributed by atoms with van der Waals surface area (Å²) in [6, 6.07) is 2.10. The van der Waals surface area contributed by atoms with E-state index in [0.29, 0.717) is 19.4 Å². The molecule has 0 aliphatic heterocycles. The largest absolute Gasteiger partial charge is 0.395 e. The van der Waals surface area contributed by atoms with Crippen molar-refractivity contribution in [1.82, 2.24) is 4.90 Å². The first kappa shape index (κ1) is 11.7. The van der Waals surface area contributed by atoms with E-state index in [4.69, 9.17) is 10.4 Å². The van der Waals surface area contributed by atoms with Gasteiger partial charge in [-0.1, -0.05) is 6.08 Å². The molecule has 1 amide bonds. The van der Waals surface area contributed by atoms with E-state index < -0.39 is 5.41 Å². The second-order valence-corrected chi connectivity index (χ2v) is 3.81. The van der Waals surface area contributed by atoms with Gasteiger partial charge in [-0.05, 0) is 19.3 Å². The van der Waals surface area contributed by atoms with Crippen LogP contribution >= 0.6 is 0 Å². The topological polar surface area (TPSA) is 64.3 Å². The first-order chi connectivity index (χ1) is 7.20. The Morgan fingerprint density at radius 1 is 1.67 bits per heavy atom. The van der Waals surface area contributed by atoms with Crippen LogP contribution in [0.15, 0.2) is 12.7 Å². The molecule has 1 rings (SSSR count). The Bertz CT molecular complexity index is 289. The standard InChI is InChI=1S/C11H16N2O2/c1-2-6-13(7-8-14)10(15)11(9-12)4-3-5-11/h2,14H,1,3-8H2. The number of aliphatic hydroxyl groups excluding tert-OH is 1. The van der Waals surface area contributed by atoms with Crippen LogP contribution in [0, 0.1) is 16.7 Å². The third kappa shape index (κ3) is 2.18. The number of carbonyl (C=O) groups excluding carboxylic acids is 1. The fourth-order valence-electron chi connectivity index (χ4n) is 1.76.